The molecule has 0 amide bonds. The van der Waals surface area contributed by atoms with Crippen molar-refractivity contribution in [1.29, 1.82) is 0 Å². The molecule has 0 radical (unpaired) electrons. The molecule has 118 valence electrons. The number of aryl methyl sites for hydroxylation is 1. The Balaban J connectivity index is 0. The van der Waals surface area contributed by atoms with Crippen LogP contribution in [0.15, 0.2) is 24.4 Å². The summed E-state index contributed by atoms with van der Waals surface area (Å²) in [6.07, 6.45) is 5.47. The topological polar surface area (TPSA) is 128 Å². The van der Waals surface area contributed by atoms with Crippen molar-refractivity contribution in [2.45, 2.75) is 26.2 Å². The monoisotopic (exact) mass is 335 g/mol. The third kappa shape index (κ3) is 36.0. The van der Waals surface area contributed by atoms with E-state index in [2.05, 4.69) is 18.0 Å². The van der Waals surface area contributed by atoms with E-state index in [0.29, 0.717) is 0 Å². The van der Waals surface area contributed by atoms with Crippen LogP contribution in [0.1, 0.15) is 25.5 Å². The molecule has 1 aromatic rings. The third-order valence-electron chi connectivity index (χ3n) is 1.51. The molecule has 1 aromatic heterocycles. The van der Waals surface area contributed by atoms with Gasteiger partial charge in [-0.3, -0.25) is 24.6 Å². The maximum absolute atomic E-state index is 10.4. The molecule has 0 fully saturated rings. The first-order chi connectivity index (χ1) is 8.93. The quantitative estimate of drug-likeness (QED) is 0.625. The SMILES string of the molecule is CCCCc1ccccn1.O=P(O)(O)F.O=P(O)(O)F. The average molecular weight is 335 g/mol. The van der Waals surface area contributed by atoms with Gasteiger partial charge in [-0.1, -0.05) is 19.4 Å². The van der Waals surface area contributed by atoms with Gasteiger partial charge >= 0.3 is 15.8 Å². The summed E-state index contributed by atoms with van der Waals surface area (Å²) < 4.78 is 38.0. The summed E-state index contributed by atoms with van der Waals surface area (Å²) in [7, 11) is -10.3. The molecule has 1 heterocycles. The molecular formula is C9H17F2NO6P2. The zero-order chi connectivity index (χ0) is 16.2. The van der Waals surface area contributed by atoms with Crippen LogP contribution in [0.2, 0.25) is 0 Å². The largest absolute Gasteiger partial charge is 0.507 e. The Kier molecular flexibility index (Phi) is 11.9. The number of nitrogens with zero attached hydrogens (tertiary/aromatic N) is 1. The second-order valence-corrected chi connectivity index (χ2v) is 5.26. The number of halogens is 2. The zero-order valence-electron chi connectivity index (χ0n) is 10.6. The lowest BCUT2D eigenvalue weighted by atomic mass is 10.2. The molecule has 0 atom stereocenters. The first-order valence-electron chi connectivity index (χ1n) is 5.33. The molecule has 0 unspecified atom stereocenters. The number of hydrogen-bond acceptors (Lipinski definition) is 3. The van der Waals surface area contributed by atoms with E-state index in [-0.39, 0.29) is 0 Å². The third-order valence-corrected chi connectivity index (χ3v) is 1.51. The van der Waals surface area contributed by atoms with Gasteiger partial charge in [-0.15, -0.1) is 8.39 Å². The van der Waals surface area contributed by atoms with Gasteiger partial charge in [-0.2, -0.15) is 0 Å². The van der Waals surface area contributed by atoms with Gasteiger partial charge in [0.25, 0.3) is 0 Å². The summed E-state index contributed by atoms with van der Waals surface area (Å²) in [6, 6.07) is 6.07. The lowest BCUT2D eigenvalue weighted by Gasteiger charge is -1.95. The van der Waals surface area contributed by atoms with Crippen molar-refractivity contribution in [2.75, 3.05) is 0 Å². The van der Waals surface area contributed by atoms with E-state index in [1.807, 2.05) is 18.3 Å². The maximum atomic E-state index is 10.4. The van der Waals surface area contributed by atoms with Crippen molar-refractivity contribution < 1.29 is 37.1 Å². The number of aromatic nitrogens is 1. The average Bonchev–Trinajstić information content (AvgIpc) is 2.23. The lowest BCUT2D eigenvalue weighted by Crippen LogP contribution is -1.86. The van der Waals surface area contributed by atoms with Gasteiger partial charge in [0.2, 0.25) is 0 Å². The fourth-order valence-electron chi connectivity index (χ4n) is 0.904. The highest BCUT2D eigenvalue weighted by atomic mass is 31.2. The summed E-state index contributed by atoms with van der Waals surface area (Å²) >= 11 is 0. The summed E-state index contributed by atoms with van der Waals surface area (Å²) in [6.45, 7) is 2.20. The summed E-state index contributed by atoms with van der Waals surface area (Å²) in [5, 5.41) is 0. The van der Waals surface area contributed by atoms with Crippen molar-refractivity contribution >= 4 is 15.8 Å². The van der Waals surface area contributed by atoms with Gasteiger partial charge in [-0.25, -0.2) is 9.13 Å². The van der Waals surface area contributed by atoms with Crippen LogP contribution in [0.5, 0.6) is 0 Å². The van der Waals surface area contributed by atoms with Gasteiger partial charge in [-0.05, 0) is 25.0 Å². The molecule has 4 N–H and O–H groups in total. The van der Waals surface area contributed by atoms with Crippen molar-refractivity contribution in [3.05, 3.63) is 30.1 Å². The van der Waals surface area contributed by atoms with E-state index < -0.39 is 15.8 Å². The number of rotatable bonds is 3. The molecule has 0 aliphatic heterocycles. The first kappa shape index (κ1) is 21.6. The fourth-order valence-corrected chi connectivity index (χ4v) is 0.904. The molecule has 0 aliphatic rings. The number of hydrogen-bond donors (Lipinski definition) is 4. The first-order valence-corrected chi connectivity index (χ1v) is 8.34. The van der Waals surface area contributed by atoms with Gasteiger partial charge in [0.15, 0.2) is 0 Å². The Morgan fingerprint density at radius 1 is 1.10 bits per heavy atom. The van der Waals surface area contributed by atoms with Gasteiger partial charge in [0.1, 0.15) is 0 Å². The Labute approximate surface area is 115 Å². The minimum atomic E-state index is -5.14. The molecule has 0 aromatic carbocycles. The van der Waals surface area contributed by atoms with Gasteiger partial charge in [0.05, 0.1) is 0 Å². The summed E-state index contributed by atoms with van der Waals surface area (Å²) in [4.78, 5) is 32.1. The van der Waals surface area contributed by atoms with Crippen molar-refractivity contribution in [3.8, 4) is 0 Å². The van der Waals surface area contributed by atoms with E-state index in [1.54, 1.807) is 0 Å². The van der Waals surface area contributed by atoms with Crippen LogP contribution in [0.4, 0.5) is 8.39 Å². The maximum Gasteiger partial charge on any atom is 0.507 e. The van der Waals surface area contributed by atoms with Crippen LogP contribution >= 0.6 is 15.8 Å². The van der Waals surface area contributed by atoms with Crippen LogP contribution in [-0.2, 0) is 15.6 Å². The van der Waals surface area contributed by atoms with Crippen LogP contribution in [0.25, 0.3) is 0 Å². The van der Waals surface area contributed by atoms with E-state index in [9.17, 15) is 8.39 Å². The van der Waals surface area contributed by atoms with Gasteiger partial charge < -0.3 is 0 Å². The predicted molar refractivity (Wildman–Crippen MR) is 69.2 cm³/mol. The molecule has 20 heavy (non-hydrogen) atoms. The predicted octanol–water partition coefficient (Wildman–Crippen LogP) is 2.52. The summed E-state index contributed by atoms with van der Waals surface area (Å²) in [5.41, 5.74) is 1.21. The highest BCUT2D eigenvalue weighted by Gasteiger charge is 2.05. The molecule has 1 rings (SSSR count). The fraction of sp³-hybridized carbons (Fsp3) is 0.444. The van der Waals surface area contributed by atoms with Crippen molar-refractivity contribution in [3.63, 3.8) is 0 Å². The van der Waals surface area contributed by atoms with E-state index in [4.69, 9.17) is 28.7 Å². The molecule has 7 nitrogen and oxygen atoms in total. The Morgan fingerprint density at radius 2 is 1.55 bits per heavy atom. The van der Waals surface area contributed by atoms with Gasteiger partial charge in [0, 0.05) is 11.9 Å². The molecular weight excluding hydrogens is 318 g/mol. The second kappa shape index (κ2) is 11.0. The van der Waals surface area contributed by atoms with E-state index in [0.717, 1.165) is 6.42 Å². The molecule has 0 bridgehead atoms. The second-order valence-electron chi connectivity index (χ2n) is 3.37. The summed E-state index contributed by atoms with van der Waals surface area (Å²) in [5.74, 6) is 0. The number of unbranched alkanes of at least 4 members (excludes halogenated alkanes) is 1. The Morgan fingerprint density at radius 3 is 1.85 bits per heavy atom. The number of pyridine rings is 1. The minimum absolute atomic E-state index is 1.12. The standard InChI is InChI=1S/C9H13N.2FH2O3P/c1-2-3-6-9-7-4-5-8-10-9;2*1-5(2,3)4/h4-5,7-8H,2-3,6H2,1H3;2*(H2,2,3,4). The van der Waals surface area contributed by atoms with Crippen molar-refractivity contribution in [2.24, 2.45) is 0 Å². The zero-order valence-corrected chi connectivity index (χ0v) is 12.4. The van der Waals surface area contributed by atoms with E-state index >= 15 is 0 Å². The van der Waals surface area contributed by atoms with Crippen LogP contribution in [-0.4, -0.2) is 24.6 Å². The van der Waals surface area contributed by atoms with Crippen molar-refractivity contribution in [1.82, 2.24) is 4.98 Å². The highest BCUT2D eigenvalue weighted by molar-refractivity contribution is 7.46. The smallest absolute Gasteiger partial charge is 0.299 e. The molecule has 0 saturated heterocycles. The van der Waals surface area contributed by atoms with Crippen LogP contribution in [0, 0.1) is 0 Å². The Hall–Kier alpha value is -0.690. The van der Waals surface area contributed by atoms with E-state index in [1.165, 1.54) is 18.5 Å². The molecule has 0 spiro atoms. The Bertz CT molecular complexity index is 399. The molecule has 11 heteroatoms. The molecule has 0 aliphatic carbocycles. The molecule has 0 saturated carbocycles. The normalized spacial score (nSPS) is 10.8. The minimum Gasteiger partial charge on any atom is -0.299 e. The lowest BCUT2D eigenvalue weighted by molar-refractivity contribution is 0.320. The highest BCUT2D eigenvalue weighted by Crippen LogP contribution is 2.35. The van der Waals surface area contributed by atoms with Crippen LogP contribution in [0.3, 0.4) is 0 Å². The van der Waals surface area contributed by atoms with Crippen LogP contribution < -0.4 is 0 Å².